The van der Waals surface area contributed by atoms with E-state index in [0.29, 0.717) is 12.0 Å². The highest BCUT2D eigenvalue weighted by atomic mass is 32.2. The van der Waals surface area contributed by atoms with Gasteiger partial charge in [-0.2, -0.15) is 0 Å². The fraction of sp³-hybridized carbons (Fsp3) is 0.857. The Morgan fingerprint density at radius 2 is 2.22 bits per heavy atom. The first-order valence-corrected chi connectivity index (χ1v) is 7.89. The molecule has 1 saturated heterocycles. The van der Waals surface area contributed by atoms with Gasteiger partial charge in [0, 0.05) is 0 Å². The molecule has 2 saturated carbocycles. The van der Waals surface area contributed by atoms with Crippen LogP contribution in [-0.2, 0) is 4.79 Å². The largest absolute Gasteiger partial charge is 0.304 e. The van der Waals surface area contributed by atoms with Gasteiger partial charge >= 0.3 is 0 Å². The number of carbonyl (C=O) groups excluding carboxylic acids is 1. The van der Waals surface area contributed by atoms with Gasteiger partial charge in [0.2, 0.25) is 5.91 Å². The van der Waals surface area contributed by atoms with Gasteiger partial charge in [-0.25, -0.2) is 0 Å². The van der Waals surface area contributed by atoms with Crippen LogP contribution in [0.15, 0.2) is 4.99 Å². The third-order valence-corrected chi connectivity index (χ3v) is 6.55. The molecule has 3 rings (SSSR count). The first-order chi connectivity index (χ1) is 8.49. The van der Waals surface area contributed by atoms with Crippen molar-refractivity contribution in [3.63, 3.8) is 0 Å². The van der Waals surface area contributed by atoms with Crippen molar-refractivity contribution in [2.45, 2.75) is 57.2 Å². The zero-order valence-electron chi connectivity index (χ0n) is 11.4. The maximum atomic E-state index is 12.1. The molecule has 1 aliphatic heterocycles. The molecule has 0 aromatic rings. The Morgan fingerprint density at radius 1 is 1.44 bits per heavy atom. The van der Waals surface area contributed by atoms with E-state index in [1.807, 2.05) is 6.92 Å². The number of amides is 1. The van der Waals surface area contributed by atoms with E-state index in [0.717, 1.165) is 17.0 Å². The average molecular weight is 268 g/mol. The van der Waals surface area contributed by atoms with Gasteiger partial charge in [-0.15, -0.1) is 0 Å². The number of aliphatic imine (C=N–C) groups is 1. The minimum absolute atomic E-state index is 0.129. The zero-order chi connectivity index (χ0) is 12.9. The molecule has 3 aliphatic rings. The Hall–Kier alpha value is -0.510. The lowest BCUT2D eigenvalue weighted by Crippen LogP contribution is -2.38. The van der Waals surface area contributed by atoms with Gasteiger partial charge in [0.25, 0.3) is 0 Å². The molecule has 0 aromatic carbocycles. The van der Waals surface area contributed by atoms with Crippen LogP contribution in [0.1, 0.15) is 46.5 Å². The Morgan fingerprint density at radius 3 is 2.72 bits per heavy atom. The minimum atomic E-state index is -0.337. The lowest BCUT2D eigenvalue weighted by Gasteiger charge is -2.23. The topological polar surface area (TPSA) is 41.5 Å². The van der Waals surface area contributed by atoms with Crippen molar-refractivity contribution < 1.29 is 4.79 Å². The van der Waals surface area contributed by atoms with Gasteiger partial charge < -0.3 is 5.32 Å². The number of hydrogen-bond donors (Lipinski definition) is 1. The number of carbonyl (C=O) groups is 1. The molecule has 0 unspecified atom stereocenters. The Kier molecular flexibility index (Phi) is 2.96. The molecule has 3 nitrogen and oxygen atoms in total. The smallest absolute Gasteiger partial charge is 0.242 e. The molecule has 1 heterocycles. The van der Waals surface area contributed by atoms with Crippen LogP contribution < -0.4 is 5.32 Å². The van der Waals surface area contributed by atoms with E-state index in [2.05, 4.69) is 19.2 Å². The van der Waals surface area contributed by atoms with Crippen molar-refractivity contribution in [3.05, 3.63) is 0 Å². The Balaban J connectivity index is 1.74. The molecule has 2 aliphatic carbocycles. The second kappa shape index (κ2) is 4.26. The lowest BCUT2D eigenvalue weighted by atomic mass is 9.96. The van der Waals surface area contributed by atoms with E-state index in [1.165, 1.54) is 25.7 Å². The van der Waals surface area contributed by atoms with E-state index in [9.17, 15) is 4.79 Å². The maximum absolute atomic E-state index is 12.1. The quantitative estimate of drug-likeness (QED) is 0.836. The molecular weight excluding hydrogens is 246 g/mol. The highest BCUT2D eigenvalue weighted by Crippen LogP contribution is 2.47. The highest BCUT2D eigenvalue weighted by molar-refractivity contribution is 8.16. The Labute approximate surface area is 113 Å². The molecule has 100 valence electrons. The van der Waals surface area contributed by atoms with E-state index in [4.69, 9.17) is 4.99 Å². The molecule has 2 bridgehead atoms. The third kappa shape index (κ3) is 1.89. The van der Waals surface area contributed by atoms with Gasteiger partial charge in [0.15, 0.2) is 5.17 Å². The highest BCUT2D eigenvalue weighted by Gasteiger charge is 2.46. The number of fused-ring (bicyclic) bond motifs is 2. The average Bonchev–Trinajstić information content (AvgIpc) is 2.95. The number of rotatable bonds is 2. The molecule has 3 fully saturated rings. The Bertz CT molecular complexity index is 407. The maximum Gasteiger partial charge on any atom is 0.242 e. The lowest BCUT2D eigenvalue weighted by molar-refractivity contribution is -0.122. The molecule has 0 spiro atoms. The van der Waals surface area contributed by atoms with Crippen molar-refractivity contribution in [2.75, 3.05) is 0 Å². The summed E-state index contributed by atoms with van der Waals surface area (Å²) < 4.78 is -0.337. The predicted octanol–water partition coefficient (Wildman–Crippen LogP) is 2.81. The van der Waals surface area contributed by atoms with Crippen LogP contribution >= 0.6 is 11.8 Å². The first-order valence-electron chi connectivity index (χ1n) is 7.07. The summed E-state index contributed by atoms with van der Waals surface area (Å²) in [6, 6.07) is 0.473. The standard InChI is InChI=1S/C14H22N2OS/c1-8(2)14(3)12(17)16-13(18-14)15-11-7-9-4-5-10(11)6-9/h8-11H,4-7H2,1-3H3,(H,15,16,17)/t9-,10+,11+,14+/m1/s1/i3+2. The van der Waals surface area contributed by atoms with E-state index >= 15 is 0 Å². The molecule has 0 aromatic heterocycles. The normalized spacial score (nSPS) is 45.2. The van der Waals surface area contributed by atoms with Crippen molar-refractivity contribution in [1.82, 2.24) is 5.32 Å². The molecule has 1 amide bonds. The molecule has 18 heavy (non-hydrogen) atoms. The molecule has 4 atom stereocenters. The molecule has 0 radical (unpaired) electrons. The predicted molar refractivity (Wildman–Crippen MR) is 75.6 cm³/mol. The zero-order valence-corrected chi connectivity index (χ0v) is 12.2. The molecular formula is C14H22N2OS. The summed E-state index contributed by atoms with van der Waals surface area (Å²) in [7, 11) is 0. The van der Waals surface area contributed by atoms with E-state index < -0.39 is 0 Å². The monoisotopic (exact) mass is 268 g/mol. The van der Waals surface area contributed by atoms with Crippen LogP contribution in [0.25, 0.3) is 0 Å². The van der Waals surface area contributed by atoms with Crippen LogP contribution in [0, 0.1) is 17.8 Å². The summed E-state index contributed by atoms with van der Waals surface area (Å²) in [5.41, 5.74) is 0. The first kappa shape index (κ1) is 12.5. The van der Waals surface area contributed by atoms with Gasteiger partial charge in [0.05, 0.1) is 6.04 Å². The summed E-state index contributed by atoms with van der Waals surface area (Å²) in [5.74, 6) is 2.15. The second-order valence-electron chi connectivity index (χ2n) is 6.49. The van der Waals surface area contributed by atoms with Gasteiger partial charge in [-0.05, 0) is 43.9 Å². The number of amidine groups is 1. The summed E-state index contributed by atoms with van der Waals surface area (Å²) in [4.78, 5) is 16.9. The summed E-state index contributed by atoms with van der Waals surface area (Å²) in [5, 5.41) is 3.86. The van der Waals surface area contributed by atoms with Crippen molar-refractivity contribution in [1.29, 1.82) is 0 Å². The van der Waals surface area contributed by atoms with Crippen LogP contribution in [0.2, 0.25) is 0 Å². The fourth-order valence-electron chi connectivity index (χ4n) is 3.45. The number of hydrogen-bond acceptors (Lipinski definition) is 3. The minimum Gasteiger partial charge on any atom is -0.304 e. The van der Waals surface area contributed by atoms with Gasteiger partial charge in [-0.1, -0.05) is 32.0 Å². The van der Waals surface area contributed by atoms with E-state index in [-0.39, 0.29) is 10.7 Å². The molecule has 1 N–H and O–H groups in total. The van der Waals surface area contributed by atoms with Crippen LogP contribution in [-0.4, -0.2) is 21.9 Å². The van der Waals surface area contributed by atoms with Crippen LogP contribution in [0.4, 0.5) is 0 Å². The van der Waals surface area contributed by atoms with Crippen molar-refractivity contribution >= 4 is 22.8 Å². The number of nitrogens with zero attached hydrogens (tertiary/aromatic N) is 1. The van der Waals surface area contributed by atoms with Crippen LogP contribution in [0.3, 0.4) is 0 Å². The summed E-state index contributed by atoms with van der Waals surface area (Å²) >= 11 is 1.63. The van der Waals surface area contributed by atoms with Gasteiger partial charge in [0.1, 0.15) is 4.75 Å². The number of nitrogens with one attached hydrogen (secondary N) is 1. The van der Waals surface area contributed by atoms with Gasteiger partial charge in [-0.3, -0.25) is 9.79 Å². The fourth-order valence-corrected chi connectivity index (χ4v) is 4.57. The van der Waals surface area contributed by atoms with Crippen molar-refractivity contribution in [2.24, 2.45) is 22.7 Å². The number of thioether (sulfide) groups is 1. The summed E-state index contributed by atoms with van der Waals surface area (Å²) in [6.07, 6.45) is 5.34. The van der Waals surface area contributed by atoms with E-state index in [1.54, 1.807) is 11.8 Å². The van der Waals surface area contributed by atoms with Crippen LogP contribution in [0.5, 0.6) is 0 Å². The van der Waals surface area contributed by atoms with Crippen molar-refractivity contribution in [3.8, 4) is 0 Å². The second-order valence-corrected chi connectivity index (χ2v) is 7.93. The summed E-state index contributed by atoms with van der Waals surface area (Å²) in [6.45, 7) is 6.24. The third-order valence-electron chi connectivity index (χ3n) is 5.07. The SMILES string of the molecule is CC(C)[C@]1([14CH3])SC(=N[C@H]2C[C@@H]3CC[C@H]2C3)NC1=O. The molecule has 4 heteroatoms.